The van der Waals surface area contributed by atoms with E-state index in [0.29, 0.717) is 33.5 Å². The van der Waals surface area contributed by atoms with Gasteiger partial charge in [0.1, 0.15) is 4.70 Å². The standard InChI is InChI=1S/C23H22Cl2N2O6S4/c1-2-15(11-23-27(14-37(31,32)33)19-13-17(25)5-7-21(19)35-23)10-22-26(8-3-9-36(28,29)30)18-12-16(24)4-6-20(18)34-22/h4-7,10-13H,2-3,8-9,14H2,1H3,(H-,28,29,30,31,32,33)/p-1. The molecule has 1 aliphatic heterocycles. The van der Waals surface area contributed by atoms with Crippen LogP contribution in [0.2, 0.25) is 10.0 Å². The minimum atomic E-state index is -4.58. The summed E-state index contributed by atoms with van der Waals surface area (Å²) in [7, 11) is -8.93. The van der Waals surface area contributed by atoms with Crippen molar-refractivity contribution in [2.45, 2.75) is 30.5 Å². The number of allylic oxidation sites excluding steroid dienone is 2. The number of hydrogen-bond donors (Lipinski definition) is 0. The Morgan fingerprint density at radius 1 is 1.05 bits per heavy atom. The molecule has 0 atom stereocenters. The van der Waals surface area contributed by atoms with Crippen LogP contribution in [0.3, 0.4) is 0 Å². The lowest BCUT2D eigenvalue weighted by atomic mass is 10.2. The van der Waals surface area contributed by atoms with E-state index in [1.165, 1.54) is 27.7 Å². The van der Waals surface area contributed by atoms with Crippen molar-refractivity contribution in [2.24, 2.45) is 0 Å². The van der Waals surface area contributed by atoms with E-state index in [2.05, 4.69) is 0 Å². The number of hydrogen-bond acceptors (Lipinski definition) is 9. The van der Waals surface area contributed by atoms with E-state index >= 15 is 0 Å². The fourth-order valence-corrected chi connectivity index (χ4v) is 7.60. The zero-order valence-electron chi connectivity index (χ0n) is 19.4. The summed E-state index contributed by atoms with van der Waals surface area (Å²) in [4.78, 5) is 2.85. The maximum atomic E-state index is 11.7. The average molecular weight is 621 g/mol. The van der Waals surface area contributed by atoms with Crippen molar-refractivity contribution < 1.29 is 30.5 Å². The number of nitrogens with zero attached hydrogens (tertiary/aromatic N) is 2. The minimum Gasteiger partial charge on any atom is -0.748 e. The van der Waals surface area contributed by atoms with Crippen LogP contribution in [-0.4, -0.2) is 38.2 Å². The number of aromatic nitrogens is 1. The molecule has 8 nitrogen and oxygen atoms in total. The molecule has 1 aromatic heterocycles. The number of benzene rings is 2. The van der Waals surface area contributed by atoms with E-state index in [9.17, 15) is 25.9 Å². The normalized spacial score (nSPS) is 15.6. The van der Waals surface area contributed by atoms with Crippen LogP contribution < -0.4 is 9.47 Å². The number of fused-ring (bicyclic) bond motifs is 2. The molecule has 0 bridgehead atoms. The fourth-order valence-electron chi connectivity index (χ4n) is 3.85. The van der Waals surface area contributed by atoms with Crippen LogP contribution in [0.1, 0.15) is 24.8 Å². The molecule has 2 heterocycles. The van der Waals surface area contributed by atoms with Crippen LogP contribution in [0.15, 0.2) is 58.0 Å². The Balaban J connectivity index is 1.76. The van der Waals surface area contributed by atoms with Gasteiger partial charge in [0.15, 0.2) is 10.1 Å². The fraction of sp³-hybridized carbons (Fsp3) is 0.261. The highest BCUT2D eigenvalue weighted by Crippen LogP contribution is 2.47. The smallest absolute Gasteiger partial charge is 0.263 e. The molecular formula is C23H21Cl2N2O6S4-. The molecule has 37 heavy (non-hydrogen) atoms. The summed E-state index contributed by atoms with van der Waals surface area (Å²) in [6.45, 7) is 2.24. The SMILES string of the molecule is CCC(=Cc1sc2ccc(Cl)cc2[n+]1CS(=O)(=O)[O-])C=C1Sc2ccc(Cl)cc2N1CCCS(=O)(=O)[O-]. The monoisotopic (exact) mass is 619 g/mol. The molecule has 0 saturated heterocycles. The van der Waals surface area contributed by atoms with Gasteiger partial charge in [0, 0.05) is 39.4 Å². The molecule has 0 radical (unpaired) electrons. The van der Waals surface area contributed by atoms with Gasteiger partial charge in [-0.25, -0.2) is 16.8 Å². The van der Waals surface area contributed by atoms with Crippen LogP contribution in [0.25, 0.3) is 16.3 Å². The zero-order chi connectivity index (χ0) is 27.0. The highest BCUT2D eigenvalue weighted by Gasteiger charge is 2.26. The third-order valence-corrected chi connectivity index (χ3v) is 9.53. The highest BCUT2D eigenvalue weighted by atomic mass is 35.5. The topological polar surface area (TPSA) is 122 Å². The molecule has 0 amide bonds. The summed E-state index contributed by atoms with van der Waals surface area (Å²) in [6, 6.07) is 10.5. The maximum Gasteiger partial charge on any atom is 0.263 e. The molecule has 0 unspecified atom stereocenters. The van der Waals surface area contributed by atoms with Crippen LogP contribution in [0.4, 0.5) is 5.69 Å². The number of halogens is 2. The third-order valence-electron chi connectivity index (χ3n) is 5.47. The molecular weight excluding hydrogens is 599 g/mol. The summed E-state index contributed by atoms with van der Waals surface area (Å²) in [6.07, 6.45) is 4.48. The first kappa shape index (κ1) is 28.4. The molecule has 0 fully saturated rings. The summed E-state index contributed by atoms with van der Waals surface area (Å²) in [5, 5.41) is 2.32. The van der Waals surface area contributed by atoms with Crippen molar-refractivity contribution >= 4 is 88.5 Å². The quantitative estimate of drug-likeness (QED) is 0.237. The maximum absolute atomic E-state index is 11.7. The highest BCUT2D eigenvalue weighted by molar-refractivity contribution is 8.03. The lowest BCUT2D eigenvalue weighted by Gasteiger charge is -2.21. The lowest BCUT2D eigenvalue weighted by molar-refractivity contribution is -0.649. The van der Waals surface area contributed by atoms with Crippen molar-refractivity contribution in [2.75, 3.05) is 17.2 Å². The number of anilines is 1. The van der Waals surface area contributed by atoms with Gasteiger partial charge in [0.05, 0.1) is 20.8 Å². The second-order valence-electron chi connectivity index (χ2n) is 8.20. The van der Waals surface area contributed by atoms with Gasteiger partial charge in [0.25, 0.3) is 5.01 Å². The van der Waals surface area contributed by atoms with Crippen molar-refractivity contribution in [3.63, 3.8) is 0 Å². The van der Waals surface area contributed by atoms with Gasteiger partial charge in [-0.15, -0.1) is 0 Å². The van der Waals surface area contributed by atoms with Gasteiger partial charge in [-0.1, -0.05) is 53.2 Å². The van der Waals surface area contributed by atoms with E-state index in [1.54, 1.807) is 30.3 Å². The second kappa shape index (κ2) is 11.2. The Kier molecular flexibility index (Phi) is 8.61. The van der Waals surface area contributed by atoms with Crippen molar-refractivity contribution in [3.05, 3.63) is 68.1 Å². The van der Waals surface area contributed by atoms with E-state index in [1.807, 2.05) is 30.0 Å². The van der Waals surface area contributed by atoms with Gasteiger partial charge < -0.3 is 14.0 Å². The Morgan fingerprint density at radius 2 is 1.76 bits per heavy atom. The molecule has 4 rings (SSSR count). The zero-order valence-corrected chi connectivity index (χ0v) is 24.2. The summed E-state index contributed by atoms with van der Waals surface area (Å²) in [5.41, 5.74) is 2.20. The van der Waals surface area contributed by atoms with Crippen molar-refractivity contribution in [1.82, 2.24) is 0 Å². The minimum absolute atomic E-state index is 0.138. The molecule has 0 aliphatic carbocycles. The Bertz CT molecular complexity index is 1630. The molecule has 1 aliphatic rings. The molecule has 14 heteroatoms. The van der Waals surface area contributed by atoms with Crippen LogP contribution in [0.5, 0.6) is 0 Å². The van der Waals surface area contributed by atoms with Gasteiger partial charge in [0.2, 0.25) is 11.4 Å². The predicted octanol–water partition coefficient (Wildman–Crippen LogP) is 5.18. The Labute approximate surface area is 233 Å². The number of thiazole rings is 1. The average Bonchev–Trinajstić information content (AvgIpc) is 3.28. The van der Waals surface area contributed by atoms with Crippen LogP contribution in [-0.2, 0) is 26.1 Å². The van der Waals surface area contributed by atoms with E-state index in [4.69, 9.17) is 23.2 Å². The number of thioether (sulfide) groups is 1. The Hall–Kier alpha value is -1.64. The molecule has 3 aromatic rings. The first-order valence-electron chi connectivity index (χ1n) is 11.0. The van der Waals surface area contributed by atoms with Crippen LogP contribution >= 0.6 is 46.3 Å². The first-order chi connectivity index (χ1) is 17.3. The van der Waals surface area contributed by atoms with Crippen molar-refractivity contribution in [3.8, 4) is 0 Å². The summed E-state index contributed by atoms with van der Waals surface area (Å²) < 4.78 is 70.6. The first-order valence-corrected chi connectivity index (χ1v) is 16.5. The van der Waals surface area contributed by atoms with E-state index < -0.39 is 31.9 Å². The molecule has 0 N–H and O–H groups in total. The Morgan fingerprint density at radius 3 is 2.43 bits per heavy atom. The molecule has 0 spiro atoms. The number of rotatable bonds is 9. The molecule has 0 saturated carbocycles. The van der Waals surface area contributed by atoms with Crippen molar-refractivity contribution in [1.29, 1.82) is 0 Å². The van der Waals surface area contributed by atoms with Gasteiger partial charge >= 0.3 is 0 Å². The van der Waals surface area contributed by atoms with E-state index in [-0.39, 0.29) is 6.42 Å². The van der Waals surface area contributed by atoms with Gasteiger partial charge in [-0.05, 0) is 54.8 Å². The van der Waals surface area contributed by atoms with Crippen LogP contribution in [0, 0.1) is 0 Å². The molecule has 2 aromatic carbocycles. The largest absolute Gasteiger partial charge is 0.748 e. The summed E-state index contributed by atoms with van der Waals surface area (Å²) >= 11 is 15.1. The van der Waals surface area contributed by atoms with Gasteiger partial charge in [-0.3, -0.25) is 0 Å². The summed E-state index contributed by atoms with van der Waals surface area (Å²) in [5.74, 6) is -1.22. The predicted molar refractivity (Wildman–Crippen MR) is 147 cm³/mol. The lowest BCUT2D eigenvalue weighted by Crippen LogP contribution is -2.39. The second-order valence-corrected chi connectivity index (χ2v) is 14.1. The van der Waals surface area contributed by atoms with E-state index in [0.717, 1.165) is 25.9 Å². The third kappa shape index (κ3) is 7.27. The van der Waals surface area contributed by atoms with Gasteiger partial charge in [-0.2, -0.15) is 4.57 Å². The molecule has 198 valence electrons.